The van der Waals surface area contributed by atoms with Crippen molar-refractivity contribution in [2.24, 2.45) is 0 Å². The fourth-order valence-electron chi connectivity index (χ4n) is 4.02. The van der Waals surface area contributed by atoms with Crippen LogP contribution >= 0.6 is 0 Å². The zero-order chi connectivity index (χ0) is 21.0. The second kappa shape index (κ2) is 9.44. The number of piperidine rings is 1. The molecule has 0 aliphatic carbocycles. The Kier molecular flexibility index (Phi) is 6.96. The molecule has 0 bridgehead atoms. The van der Waals surface area contributed by atoms with Crippen LogP contribution in [0.1, 0.15) is 72.4 Å². The maximum absolute atomic E-state index is 13.0. The van der Waals surface area contributed by atoms with Gasteiger partial charge in [0.15, 0.2) is 5.76 Å². The zero-order valence-corrected chi connectivity index (χ0v) is 18.4. The van der Waals surface area contributed by atoms with Crippen LogP contribution in [0.15, 0.2) is 28.8 Å². The first-order valence-corrected chi connectivity index (χ1v) is 10.6. The summed E-state index contributed by atoms with van der Waals surface area (Å²) in [5.41, 5.74) is 3.65. The van der Waals surface area contributed by atoms with Gasteiger partial charge in [0.1, 0.15) is 5.56 Å². The SMILES string of the molecule is Cc1noc(C(C)C)c1C(=O)NCC(c1ccc(N(C)C)cc1)N1CCCCC1. The summed E-state index contributed by atoms with van der Waals surface area (Å²) < 4.78 is 5.40. The third kappa shape index (κ3) is 4.99. The number of anilines is 1. The molecule has 2 heterocycles. The summed E-state index contributed by atoms with van der Waals surface area (Å²) >= 11 is 0. The molecular formula is C23H34N4O2. The van der Waals surface area contributed by atoms with Crippen LogP contribution in [0.2, 0.25) is 0 Å². The maximum Gasteiger partial charge on any atom is 0.256 e. The lowest BCUT2D eigenvalue weighted by atomic mass is 10.0. The largest absolute Gasteiger partial charge is 0.378 e. The van der Waals surface area contributed by atoms with E-state index in [0.29, 0.717) is 23.6 Å². The molecule has 1 saturated heterocycles. The second-order valence-corrected chi connectivity index (χ2v) is 8.47. The van der Waals surface area contributed by atoms with Gasteiger partial charge >= 0.3 is 0 Å². The number of aromatic nitrogens is 1. The van der Waals surface area contributed by atoms with Crippen molar-refractivity contribution in [3.63, 3.8) is 0 Å². The van der Waals surface area contributed by atoms with Crippen molar-refractivity contribution in [1.29, 1.82) is 0 Å². The van der Waals surface area contributed by atoms with E-state index in [0.717, 1.165) is 13.1 Å². The van der Waals surface area contributed by atoms with Gasteiger partial charge in [-0.25, -0.2) is 0 Å². The summed E-state index contributed by atoms with van der Waals surface area (Å²) in [4.78, 5) is 17.6. The fraction of sp³-hybridized carbons (Fsp3) is 0.565. The Hall–Kier alpha value is -2.34. The molecule has 158 valence electrons. The van der Waals surface area contributed by atoms with Gasteiger partial charge in [-0.1, -0.05) is 37.6 Å². The number of nitrogens with one attached hydrogen (secondary N) is 1. The van der Waals surface area contributed by atoms with Gasteiger partial charge in [0.25, 0.3) is 5.91 Å². The van der Waals surface area contributed by atoms with Crippen molar-refractivity contribution in [2.75, 3.05) is 38.6 Å². The molecule has 1 amide bonds. The van der Waals surface area contributed by atoms with Crippen molar-refractivity contribution < 1.29 is 9.32 Å². The molecule has 6 nitrogen and oxygen atoms in total. The molecule has 1 aromatic carbocycles. The molecule has 0 spiro atoms. The van der Waals surface area contributed by atoms with Crippen molar-refractivity contribution in [3.8, 4) is 0 Å². The Labute approximate surface area is 174 Å². The Morgan fingerprint density at radius 3 is 2.41 bits per heavy atom. The van der Waals surface area contributed by atoms with Gasteiger partial charge in [-0.2, -0.15) is 0 Å². The average molecular weight is 399 g/mol. The molecular weight excluding hydrogens is 364 g/mol. The minimum atomic E-state index is -0.0978. The Morgan fingerprint density at radius 2 is 1.83 bits per heavy atom. The number of nitrogens with zero attached hydrogens (tertiary/aromatic N) is 3. The molecule has 1 fully saturated rings. The summed E-state index contributed by atoms with van der Waals surface area (Å²) in [6.45, 7) is 8.56. The van der Waals surface area contributed by atoms with Gasteiger partial charge in [-0.05, 0) is 50.6 Å². The predicted octanol–water partition coefficient (Wildman–Crippen LogP) is 4.13. The number of carbonyl (C=O) groups is 1. The van der Waals surface area contributed by atoms with Crippen LogP contribution in [0.5, 0.6) is 0 Å². The number of aryl methyl sites for hydroxylation is 1. The minimum Gasteiger partial charge on any atom is -0.378 e. The topological polar surface area (TPSA) is 61.6 Å². The Morgan fingerprint density at radius 1 is 1.17 bits per heavy atom. The van der Waals surface area contributed by atoms with E-state index in [4.69, 9.17) is 4.52 Å². The van der Waals surface area contributed by atoms with E-state index < -0.39 is 0 Å². The highest BCUT2D eigenvalue weighted by Crippen LogP contribution is 2.27. The number of carbonyl (C=O) groups excluding carboxylic acids is 1. The molecule has 3 rings (SSSR count). The van der Waals surface area contributed by atoms with E-state index in [9.17, 15) is 4.79 Å². The van der Waals surface area contributed by atoms with Crippen LogP contribution in [-0.4, -0.2) is 49.7 Å². The average Bonchev–Trinajstić information content (AvgIpc) is 3.11. The van der Waals surface area contributed by atoms with Crippen molar-refractivity contribution >= 4 is 11.6 Å². The van der Waals surface area contributed by atoms with Gasteiger partial charge < -0.3 is 14.7 Å². The van der Waals surface area contributed by atoms with Crippen LogP contribution in [0, 0.1) is 6.92 Å². The quantitative estimate of drug-likeness (QED) is 0.760. The van der Waals surface area contributed by atoms with Gasteiger partial charge in [0.05, 0.1) is 11.7 Å². The molecule has 1 aromatic heterocycles. The molecule has 0 radical (unpaired) electrons. The van der Waals surface area contributed by atoms with Gasteiger partial charge in [-0.15, -0.1) is 0 Å². The van der Waals surface area contributed by atoms with Gasteiger partial charge in [0.2, 0.25) is 0 Å². The standard InChI is InChI=1S/C23H34N4O2/c1-16(2)22-21(17(3)25-29-22)23(28)24-15-20(27-13-7-6-8-14-27)18-9-11-19(12-10-18)26(4)5/h9-12,16,20H,6-8,13-15H2,1-5H3,(H,24,28). The monoisotopic (exact) mass is 398 g/mol. The Balaban J connectivity index is 1.78. The van der Waals surface area contributed by atoms with E-state index in [1.54, 1.807) is 0 Å². The fourth-order valence-corrected chi connectivity index (χ4v) is 4.02. The van der Waals surface area contributed by atoms with Crippen LogP contribution in [0.4, 0.5) is 5.69 Å². The molecule has 0 saturated carbocycles. The lowest BCUT2D eigenvalue weighted by Crippen LogP contribution is -2.40. The number of rotatable bonds is 7. The third-order valence-electron chi connectivity index (χ3n) is 5.72. The highest BCUT2D eigenvalue weighted by Gasteiger charge is 2.26. The highest BCUT2D eigenvalue weighted by molar-refractivity contribution is 5.96. The van der Waals surface area contributed by atoms with E-state index in [1.165, 1.54) is 30.5 Å². The second-order valence-electron chi connectivity index (χ2n) is 8.47. The number of hydrogen-bond donors (Lipinski definition) is 1. The van der Waals surface area contributed by atoms with Crippen LogP contribution in [0.25, 0.3) is 0 Å². The third-order valence-corrected chi connectivity index (χ3v) is 5.72. The van der Waals surface area contributed by atoms with Crippen molar-refractivity contribution in [1.82, 2.24) is 15.4 Å². The molecule has 1 aliphatic rings. The molecule has 1 unspecified atom stereocenters. The van der Waals surface area contributed by atoms with E-state index in [-0.39, 0.29) is 17.9 Å². The summed E-state index contributed by atoms with van der Waals surface area (Å²) in [6, 6.07) is 8.83. The van der Waals surface area contributed by atoms with Gasteiger partial charge in [0, 0.05) is 32.2 Å². The first-order chi connectivity index (χ1) is 13.9. The number of amides is 1. The molecule has 1 atom stereocenters. The normalized spacial score (nSPS) is 16.1. The number of hydrogen-bond acceptors (Lipinski definition) is 5. The predicted molar refractivity (Wildman–Crippen MR) is 117 cm³/mol. The summed E-state index contributed by atoms with van der Waals surface area (Å²) in [6.07, 6.45) is 3.71. The van der Waals surface area contributed by atoms with Crippen molar-refractivity contribution in [2.45, 2.75) is 52.0 Å². The van der Waals surface area contributed by atoms with Crippen LogP contribution < -0.4 is 10.2 Å². The lowest BCUT2D eigenvalue weighted by molar-refractivity contribution is 0.0921. The van der Waals surface area contributed by atoms with E-state index in [2.05, 4.69) is 44.5 Å². The van der Waals surface area contributed by atoms with Crippen LogP contribution in [-0.2, 0) is 0 Å². The minimum absolute atomic E-state index is 0.0978. The number of benzene rings is 1. The first kappa shape index (κ1) is 21.4. The maximum atomic E-state index is 13.0. The summed E-state index contributed by atoms with van der Waals surface area (Å²) in [5.74, 6) is 0.678. The lowest BCUT2D eigenvalue weighted by Gasteiger charge is -2.35. The summed E-state index contributed by atoms with van der Waals surface area (Å²) in [5, 5.41) is 7.17. The van der Waals surface area contributed by atoms with Crippen molar-refractivity contribution in [3.05, 3.63) is 46.8 Å². The van der Waals surface area contributed by atoms with Gasteiger partial charge in [-0.3, -0.25) is 9.69 Å². The zero-order valence-electron chi connectivity index (χ0n) is 18.4. The molecule has 2 aromatic rings. The van der Waals surface area contributed by atoms with Crippen LogP contribution in [0.3, 0.4) is 0 Å². The molecule has 29 heavy (non-hydrogen) atoms. The van der Waals surface area contributed by atoms with E-state index in [1.807, 2.05) is 34.9 Å². The van der Waals surface area contributed by atoms with E-state index >= 15 is 0 Å². The number of likely N-dealkylation sites (tertiary alicyclic amines) is 1. The smallest absolute Gasteiger partial charge is 0.256 e. The highest BCUT2D eigenvalue weighted by atomic mass is 16.5. The molecule has 1 aliphatic heterocycles. The molecule has 1 N–H and O–H groups in total. The Bertz CT molecular complexity index is 805. The first-order valence-electron chi connectivity index (χ1n) is 10.6. The molecule has 6 heteroatoms. The summed E-state index contributed by atoms with van der Waals surface area (Å²) in [7, 11) is 4.09.